The highest BCUT2D eigenvalue weighted by Crippen LogP contribution is 2.17. The molecule has 3 nitrogen and oxygen atoms in total. The second-order valence-electron chi connectivity index (χ2n) is 3.87. The smallest absolute Gasteiger partial charge is 0.253 e. The summed E-state index contributed by atoms with van der Waals surface area (Å²) in [6.45, 7) is 0.595. The van der Waals surface area contributed by atoms with Crippen molar-refractivity contribution in [3.05, 3.63) is 51.2 Å². The molecule has 0 unspecified atom stereocenters. The number of nitrogens with two attached hydrogens (primary N) is 1. The van der Waals surface area contributed by atoms with Crippen LogP contribution in [0.2, 0.25) is 5.02 Å². The first kappa shape index (κ1) is 12.9. The van der Waals surface area contributed by atoms with E-state index >= 15 is 0 Å². The Morgan fingerprint density at radius 1 is 1.39 bits per heavy atom. The number of amides is 1. The fourth-order valence-electron chi connectivity index (χ4n) is 1.59. The molecule has 0 aliphatic rings. The number of thiophene rings is 1. The van der Waals surface area contributed by atoms with E-state index in [4.69, 9.17) is 17.3 Å². The van der Waals surface area contributed by atoms with Crippen molar-refractivity contribution < 1.29 is 4.79 Å². The normalized spacial score (nSPS) is 10.3. The Morgan fingerprint density at radius 3 is 2.89 bits per heavy atom. The van der Waals surface area contributed by atoms with Crippen LogP contribution in [0.5, 0.6) is 0 Å². The zero-order chi connectivity index (χ0) is 13.0. The third-order valence-electron chi connectivity index (χ3n) is 2.54. The monoisotopic (exact) mass is 280 g/mol. The number of hydrogen-bond acceptors (Lipinski definition) is 3. The van der Waals surface area contributed by atoms with Gasteiger partial charge >= 0.3 is 0 Å². The summed E-state index contributed by atoms with van der Waals surface area (Å²) < 4.78 is 0. The van der Waals surface area contributed by atoms with Crippen LogP contribution in [0.25, 0.3) is 0 Å². The number of benzene rings is 1. The van der Waals surface area contributed by atoms with E-state index in [1.807, 2.05) is 11.4 Å². The minimum absolute atomic E-state index is 0.167. The summed E-state index contributed by atoms with van der Waals surface area (Å²) in [5.41, 5.74) is 7.83. The third-order valence-corrected chi connectivity index (χ3v) is 3.50. The maximum atomic E-state index is 11.9. The number of hydrogen-bond donors (Lipinski definition) is 2. The van der Waals surface area contributed by atoms with Crippen LogP contribution in [0, 0.1) is 0 Å². The summed E-state index contributed by atoms with van der Waals surface area (Å²) in [6, 6.07) is 6.92. The van der Waals surface area contributed by atoms with Gasteiger partial charge in [0.15, 0.2) is 0 Å². The molecule has 0 saturated carbocycles. The van der Waals surface area contributed by atoms with Gasteiger partial charge in [0.2, 0.25) is 0 Å². The number of nitrogens with one attached hydrogen (secondary N) is 1. The highest BCUT2D eigenvalue weighted by atomic mass is 35.5. The van der Waals surface area contributed by atoms with Gasteiger partial charge in [-0.25, -0.2) is 0 Å². The molecule has 3 N–H and O–H groups in total. The van der Waals surface area contributed by atoms with Crippen molar-refractivity contribution >= 4 is 34.5 Å². The molecule has 0 atom stereocenters. The maximum Gasteiger partial charge on any atom is 0.253 e. The van der Waals surface area contributed by atoms with Gasteiger partial charge in [0, 0.05) is 17.3 Å². The largest absolute Gasteiger partial charge is 0.398 e. The van der Waals surface area contributed by atoms with Crippen LogP contribution in [0.4, 0.5) is 5.69 Å². The van der Waals surface area contributed by atoms with Crippen LogP contribution in [-0.4, -0.2) is 12.5 Å². The molecule has 1 aromatic heterocycles. The number of anilines is 1. The molecular formula is C13H13ClN2OS. The Labute approximate surface area is 115 Å². The lowest BCUT2D eigenvalue weighted by Gasteiger charge is -2.07. The summed E-state index contributed by atoms with van der Waals surface area (Å²) in [6.07, 6.45) is 0.822. The number of nitrogen functional groups attached to an aromatic ring is 1. The third kappa shape index (κ3) is 3.24. The predicted molar refractivity (Wildman–Crippen MR) is 76.2 cm³/mol. The van der Waals surface area contributed by atoms with Crippen molar-refractivity contribution in [2.75, 3.05) is 12.3 Å². The number of rotatable bonds is 4. The fourth-order valence-corrected chi connectivity index (χ4v) is 2.47. The van der Waals surface area contributed by atoms with E-state index in [2.05, 4.69) is 10.7 Å². The van der Waals surface area contributed by atoms with Crippen LogP contribution in [0.3, 0.4) is 0 Å². The van der Waals surface area contributed by atoms with Crippen LogP contribution >= 0.6 is 22.9 Å². The first-order valence-electron chi connectivity index (χ1n) is 5.51. The molecule has 0 aliphatic carbocycles. The lowest BCUT2D eigenvalue weighted by atomic mass is 10.1. The summed E-state index contributed by atoms with van der Waals surface area (Å²) in [5, 5.41) is 7.46. The molecule has 1 aromatic carbocycles. The molecule has 2 aromatic rings. The number of halogens is 1. The van der Waals surface area contributed by atoms with Crippen LogP contribution in [0.15, 0.2) is 35.0 Å². The zero-order valence-electron chi connectivity index (χ0n) is 9.65. The van der Waals surface area contributed by atoms with Gasteiger partial charge in [0.05, 0.1) is 5.56 Å². The van der Waals surface area contributed by atoms with E-state index in [-0.39, 0.29) is 5.91 Å². The van der Waals surface area contributed by atoms with Crippen LogP contribution in [0.1, 0.15) is 15.9 Å². The van der Waals surface area contributed by atoms with Gasteiger partial charge in [-0.3, -0.25) is 4.79 Å². The van der Waals surface area contributed by atoms with Gasteiger partial charge in [-0.1, -0.05) is 11.6 Å². The maximum absolute atomic E-state index is 11.9. The van der Waals surface area contributed by atoms with E-state index in [0.717, 1.165) is 6.42 Å². The average molecular weight is 281 g/mol. The average Bonchev–Trinajstić information content (AvgIpc) is 2.81. The lowest BCUT2D eigenvalue weighted by Crippen LogP contribution is -2.26. The van der Waals surface area contributed by atoms with Gasteiger partial charge in [-0.2, -0.15) is 11.3 Å². The van der Waals surface area contributed by atoms with E-state index in [1.165, 1.54) is 5.56 Å². The second-order valence-corrected chi connectivity index (χ2v) is 5.09. The topological polar surface area (TPSA) is 55.1 Å². The molecule has 1 heterocycles. The highest BCUT2D eigenvalue weighted by Gasteiger charge is 2.09. The summed E-state index contributed by atoms with van der Waals surface area (Å²) in [7, 11) is 0. The first-order chi connectivity index (χ1) is 8.66. The van der Waals surface area contributed by atoms with E-state index in [1.54, 1.807) is 29.5 Å². The second kappa shape index (κ2) is 5.89. The molecule has 94 valence electrons. The van der Waals surface area contributed by atoms with E-state index < -0.39 is 0 Å². The minimum atomic E-state index is -0.167. The molecule has 18 heavy (non-hydrogen) atoms. The van der Waals surface area contributed by atoms with E-state index in [0.29, 0.717) is 22.8 Å². The molecule has 0 aliphatic heterocycles. The van der Waals surface area contributed by atoms with Gasteiger partial charge in [-0.15, -0.1) is 0 Å². The Bertz CT molecular complexity index is 540. The molecule has 1 amide bonds. The first-order valence-corrected chi connectivity index (χ1v) is 6.83. The standard InChI is InChI=1S/C13H13ClN2OS/c14-10-1-2-11(12(15)7-10)13(17)16-5-3-9-4-6-18-8-9/h1-2,4,6-8H,3,5,15H2,(H,16,17). The molecule has 0 saturated heterocycles. The predicted octanol–water partition coefficient (Wildman–Crippen LogP) is 2.96. The van der Waals surface area contributed by atoms with Crippen molar-refractivity contribution in [3.8, 4) is 0 Å². The zero-order valence-corrected chi connectivity index (χ0v) is 11.2. The SMILES string of the molecule is Nc1cc(Cl)ccc1C(=O)NCCc1ccsc1. The van der Waals surface area contributed by atoms with Gasteiger partial charge in [0.1, 0.15) is 0 Å². The van der Waals surface area contributed by atoms with Crippen molar-refractivity contribution in [1.29, 1.82) is 0 Å². The molecule has 5 heteroatoms. The highest BCUT2D eigenvalue weighted by molar-refractivity contribution is 7.07. The molecule has 0 spiro atoms. The van der Waals surface area contributed by atoms with Crippen LogP contribution < -0.4 is 11.1 Å². The van der Waals surface area contributed by atoms with Crippen molar-refractivity contribution in [2.45, 2.75) is 6.42 Å². The molecular weight excluding hydrogens is 268 g/mol. The van der Waals surface area contributed by atoms with E-state index in [9.17, 15) is 4.79 Å². The summed E-state index contributed by atoms with van der Waals surface area (Å²) in [5.74, 6) is -0.167. The van der Waals surface area contributed by atoms with Crippen LogP contribution in [-0.2, 0) is 6.42 Å². The Hall–Kier alpha value is -1.52. The Balaban J connectivity index is 1.91. The lowest BCUT2D eigenvalue weighted by molar-refractivity contribution is 0.0955. The fraction of sp³-hybridized carbons (Fsp3) is 0.154. The summed E-state index contributed by atoms with van der Waals surface area (Å²) in [4.78, 5) is 11.9. The van der Waals surface area contributed by atoms with Crippen molar-refractivity contribution in [1.82, 2.24) is 5.32 Å². The number of carbonyl (C=O) groups excluding carboxylic acids is 1. The summed E-state index contributed by atoms with van der Waals surface area (Å²) >= 11 is 7.43. The number of carbonyl (C=O) groups is 1. The minimum Gasteiger partial charge on any atom is -0.398 e. The van der Waals surface area contributed by atoms with Gasteiger partial charge in [0.25, 0.3) is 5.91 Å². The Kier molecular flexibility index (Phi) is 4.23. The van der Waals surface area contributed by atoms with Crippen molar-refractivity contribution in [3.63, 3.8) is 0 Å². The Morgan fingerprint density at radius 2 is 2.22 bits per heavy atom. The van der Waals surface area contributed by atoms with Gasteiger partial charge < -0.3 is 11.1 Å². The molecule has 0 radical (unpaired) electrons. The molecule has 2 rings (SSSR count). The van der Waals surface area contributed by atoms with Crippen molar-refractivity contribution in [2.24, 2.45) is 0 Å². The molecule has 0 fully saturated rings. The molecule has 0 bridgehead atoms. The quantitative estimate of drug-likeness (QED) is 0.846. The van der Waals surface area contributed by atoms with Gasteiger partial charge in [-0.05, 0) is 47.0 Å².